The van der Waals surface area contributed by atoms with Crippen LogP contribution in [0.1, 0.15) is 27.7 Å². The van der Waals surface area contributed by atoms with E-state index in [2.05, 4.69) is 11.3 Å². The van der Waals surface area contributed by atoms with Crippen LogP contribution in [0.15, 0.2) is 12.3 Å². The van der Waals surface area contributed by atoms with E-state index in [1.807, 2.05) is 0 Å². The van der Waals surface area contributed by atoms with Gasteiger partial charge < -0.3 is 14.2 Å². The summed E-state index contributed by atoms with van der Waals surface area (Å²) in [6.45, 7) is 10.2. The maximum atomic E-state index is 11.4. The Bertz CT molecular complexity index is 280. The minimum Gasteiger partial charge on any atom is -0.469 e. The van der Waals surface area contributed by atoms with Crippen molar-refractivity contribution in [1.82, 2.24) is 0 Å². The molecule has 0 spiro atoms. The van der Waals surface area contributed by atoms with Crippen LogP contribution in [0.2, 0.25) is 0 Å². The number of rotatable bonds is 6. The molecule has 16 heavy (non-hydrogen) atoms. The van der Waals surface area contributed by atoms with Gasteiger partial charge in [-0.25, -0.2) is 9.59 Å². The molecule has 0 fully saturated rings. The summed E-state index contributed by atoms with van der Waals surface area (Å²) in [5.41, 5.74) is -1.25. The Morgan fingerprint density at radius 3 is 2.06 bits per heavy atom. The predicted molar refractivity (Wildman–Crippen MR) is 57.6 cm³/mol. The molecule has 0 aliphatic carbocycles. The van der Waals surface area contributed by atoms with Gasteiger partial charge in [0.1, 0.15) is 0 Å². The summed E-state index contributed by atoms with van der Waals surface area (Å²) >= 11 is 0. The van der Waals surface area contributed by atoms with Crippen molar-refractivity contribution in [2.24, 2.45) is 0 Å². The van der Waals surface area contributed by atoms with Gasteiger partial charge in [-0.2, -0.15) is 0 Å². The molecule has 5 nitrogen and oxygen atoms in total. The molecule has 0 aromatic rings. The Morgan fingerprint density at radius 2 is 1.62 bits per heavy atom. The summed E-state index contributed by atoms with van der Waals surface area (Å²) in [6, 6.07) is 0. The second kappa shape index (κ2) is 6.15. The lowest BCUT2D eigenvalue weighted by Gasteiger charge is -2.24. The summed E-state index contributed by atoms with van der Waals surface area (Å²) in [4.78, 5) is 22.6. The fourth-order valence-electron chi connectivity index (χ4n) is 0.908. The maximum absolute atomic E-state index is 11.4. The van der Waals surface area contributed by atoms with Crippen molar-refractivity contribution in [2.45, 2.75) is 33.3 Å². The average Bonchev–Trinajstić information content (AvgIpc) is 2.17. The fourth-order valence-corrected chi connectivity index (χ4v) is 0.908. The molecule has 0 saturated heterocycles. The zero-order valence-corrected chi connectivity index (χ0v) is 10.2. The van der Waals surface area contributed by atoms with Crippen molar-refractivity contribution in [1.29, 1.82) is 0 Å². The van der Waals surface area contributed by atoms with Gasteiger partial charge >= 0.3 is 11.9 Å². The van der Waals surface area contributed by atoms with E-state index in [1.165, 1.54) is 13.8 Å². The third-order valence-corrected chi connectivity index (χ3v) is 1.65. The van der Waals surface area contributed by atoms with Gasteiger partial charge in [-0.1, -0.05) is 0 Å². The first-order valence-electron chi connectivity index (χ1n) is 5.07. The first-order valence-corrected chi connectivity index (χ1v) is 5.07. The van der Waals surface area contributed by atoms with Gasteiger partial charge in [0.15, 0.2) is 5.76 Å². The topological polar surface area (TPSA) is 61.8 Å². The molecule has 0 N–H and O–H groups in total. The van der Waals surface area contributed by atoms with E-state index in [1.54, 1.807) is 13.8 Å². The van der Waals surface area contributed by atoms with E-state index in [4.69, 9.17) is 9.47 Å². The number of carbonyl (C=O) groups is 2. The van der Waals surface area contributed by atoms with Crippen molar-refractivity contribution in [3.05, 3.63) is 12.3 Å². The minimum absolute atomic E-state index is 0.208. The molecule has 0 aliphatic rings. The Morgan fingerprint density at radius 1 is 1.12 bits per heavy atom. The highest BCUT2D eigenvalue weighted by molar-refractivity contribution is 5.87. The standard InChI is InChI=1S/C11H18O5/c1-6-14-9(12)8(3)16-11(4,5)10(13)15-7-2/h3,6-7H2,1-2,4-5H3. The highest BCUT2D eigenvalue weighted by Crippen LogP contribution is 2.16. The van der Waals surface area contributed by atoms with Crippen LogP contribution >= 0.6 is 0 Å². The van der Waals surface area contributed by atoms with Crippen LogP contribution in [0, 0.1) is 0 Å². The molecule has 92 valence electrons. The molecule has 0 aromatic heterocycles. The lowest BCUT2D eigenvalue weighted by molar-refractivity contribution is -0.166. The van der Waals surface area contributed by atoms with E-state index in [0.29, 0.717) is 0 Å². The molecular weight excluding hydrogens is 212 g/mol. The van der Waals surface area contributed by atoms with Crippen LogP contribution in [-0.2, 0) is 23.8 Å². The lowest BCUT2D eigenvalue weighted by atomic mass is 10.1. The molecular formula is C11H18O5. The van der Waals surface area contributed by atoms with Crippen molar-refractivity contribution >= 4 is 11.9 Å². The monoisotopic (exact) mass is 230 g/mol. The van der Waals surface area contributed by atoms with Crippen molar-refractivity contribution < 1.29 is 23.8 Å². The molecule has 0 rings (SSSR count). The van der Waals surface area contributed by atoms with Crippen LogP contribution in [0.3, 0.4) is 0 Å². The van der Waals surface area contributed by atoms with Gasteiger partial charge in [-0.3, -0.25) is 0 Å². The predicted octanol–water partition coefficient (Wildman–Crippen LogP) is 1.42. The third kappa shape index (κ3) is 4.33. The fraction of sp³-hybridized carbons (Fsp3) is 0.636. The van der Waals surface area contributed by atoms with Gasteiger partial charge in [0, 0.05) is 0 Å². The molecule has 0 aromatic carbocycles. The van der Waals surface area contributed by atoms with Crippen LogP contribution in [0.5, 0.6) is 0 Å². The van der Waals surface area contributed by atoms with Crippen molar-refractivity contribution in [3.8, 4) is 0 Å². The van der Waals surface area contributed by atoms with Gasteiger partial charge in [-0.15, -0.1) is 0 Å². The van der Waals surface area contributed by atoms with Gasteiger partial charge in [0.25, 0.3) is 0 Å². The second-order valence-corrected chi connectivity index (χ2v) is 3.48. The zero-order chi connectivity index (χ0) is 12.8. The lowest BCUT2D eigenvalue weighted by Crippen LogP contribution is -2.37. The number of carbonyl (C=O) groups excluding carboxylic acids is 2. The number of hydrogen-bond donors (Lipinski definition) is 0. The number of ether oxygens (including phenoxy) is 3. The van der Waals surface area contributed by atoms with Gasteiger partial charge in [0.05, 0.1) is 13.2 Å². The molecule has 0 saturated carbocycles. The summed E-state index contributed by atoms with van der Waals surface area (Å²) < 4.78 is 14.6. The van der Waals surface area contributed by atoms with Crippen molar-refractivity contribution in [3.63, 3.8) is 0 Å². The zero-order valence-electron chi connectivity index (χ0n) is 10.2. The van der Waals surface area contributed by atoms with Crippen LogP contribution < -0.4 is 0 Å². The Kier molecular flexibility index (Phi) is 5.56. The summed E-state index contributed by atoms with van der Waals surface area (Å²) in [5.74, 6) is -1.44. The molecule has 0 bridgehead atoms. The highest BCUT2D eigenvalue weighted by Gasteiger charge is 2.33. The normalized spacial score (nSPS) is 10.5. The maximum Gasteiger partial charge on any atom is 0.372 e. The smallest absolute Gasteiger partial charge is 0.372 e. The molecule has 0 aliphatic heterocycles. The van der Waals surface area contributed by atoms with Crippen LogP contribution in [0.25, 0.3) is 0 Å². The van der Waals surface area contributed by atoms with Crippen molar-refractivity contribution in [2.75, 3.05) is 13.2 Å². The first-order chi connectivity index (χ1) is 7.35. The summed E-state index contributed by atoms with van der Waals surface area (Å²) in [6.07, 6.45) is 0. The molecule has 0 radical (unpaired) electrons. The Balaban J connectivity index is 4.41. The Hall–Kier alpha value is -1.52. The van der Waals surface area contributed by atoms with E-state index < -0.39 is 17.5 Å². The van der Waals surface area contributed by atoms with E-state index >= 15 is 0 Å². The Labute approximate surface area is 95.4 Å². The molecule has 0 atom stereocenters. The summed E-state index contributed by atoms with van der Waals surface area (Å²) in [7, 11) is 0. The minimum atomic E-state index is -1.25. The molecule has 0 heterocycles. The van der Waals surface area contributed by atoms with E-state index in [-0.39, 0.29) is 19.0 Å². The molecule has 0 amide bonds. The molecule has 5 heteroatoms. The number of hydrogen-bond acceptors (Lipinski definition) is 5. The quantitative estimate of drug-likeness (QED) is 0.392. The van der Waals surface area contributed by atoms with Gasteiger partial charge in [0.2, 0.25) is 5.60 Å². The first kappa shape index (κ1) is 14.5. The SMILES string of the molecule is C=C(OC(C)(C)C(=O)OCC)C(=O)OCC. The highest BCUT2D eigenvalue weighted by atomic mass is 16.6. The third-order valence-electron chi connectivity index (χ3n) is 1.65. The number of esters is 2. The molecule has 0 unspecified atom stereocenters. The van der Waals surface area contributed by atoms with Crippen LogP contribution in [-0.4, -0.2) is 30.8 Å². The second-order valence-electron chi connectivity index (χ2n) is 3.48. The van der Waals surface area contributed by atoms with Crippen LogP contribution in [0.4, 0.5) is 0 Å². The van der Waals surface area contributed by atoms with E-state index in [9.17, 15) is 9.59 Å². The largest absolute Gasteiger partial charge is 0.469 e. The summed E-state index contributed by atoms with van der Waals surface area (Å²) in [5, 5.41) is 0. The van der Waals surface area contributed by atoms with Gasteiger partial charge in [-0.05, 0) is 34.3 Å². The van der Waals surface area contributed by atoms with E-state index in [0.717, 1.165) is 0 Å². The average molecular weight is 230 g/mol.